The van der Waals surface area contributed by atoms with Crippen LogP contribution in [0.1, 0.15) is 6.92 Å². The van der Waals surface area contributed by atoms with Gasteiger partial charge in [-0.1, -0.05) is 6.92 Å². The summed E-state index contributed by atoms with van der Waals surface area (Å²) in [4.78, 5) is 22.8. The molecule has 0 aromatic heterocycles. The van der Waals surface area contributed by atoms with Crippen LogP contribution in [0.4, 0.5) is 5.69 Å². The molecule has 0 saturated heterocycles. The van der Waals surface area contributed by atoms with E-state index < -0.39 is 0 Å². The first-order valence-electron chi connectivity index (χ1n) is 6.45. The summed E-state index contributed by atoms with van der Waals surface area (Å²) < 4.78 is 5.27. The summed E-state index contributed by atoms with van der Waals surface area (Å²) in [6.07, 6.45) is 0. The van der Waals surface area contributed by atoms with E-state index in [-0.39, 0.29) is 24.3 Å². The molecule has 0 spiro atoms. The van der Waals surface area contributed by atoms with Crippen LogP contribution >= 0.6 is 0 Å². The van der Waals surface area contributed by atoms with Crippen LogP contribution in [0.5, 0.6) is 5.75 Å². The van der Waals surface area contributed by atoms with Crippen LogP contribution in [0.2, 0.25) is 0 Å². The molecule has 0 bridgehead atoms. The lowest BCUT2D eigenvalue weighted by Crippen LogP contribution is -2.28. The largest absolute Gasteiger partial charge is 0.484 e. The second kappa shape index (κ2) is 8.16. The van der Waals surface area contributed by atoms with Crippen LogP contribution < -0.4 is 20.7 Å². The van der Waals surface area contributed by atoms with Gasteiger partial charge in [-0.15, -0.1) is 0 Å². The van der Waals surface area contributed by atoms with Crippen molar-refractivity contribution >= 4 is 17.5 Å². The van der Waals surface area contributed by atoms with Gasteiger partial charge in [0, 0.05) is 25.2 Å². The molecule has 0 aliphatic heterocycles. The molecule has 2 amide bonds. The molecule has 0 fully saturated rings. The van der Waals surface area contributed by atoms with E-state index in [4.69, 9.17) is 4.74 Å². The molecule has 1 atom stereocenters. The molecule has 0 aliphatic rings. The number of likely N-dealkylation sites (N-methyl/N-ethyl adjacent to an activating group) is 1. The van der Waals surface area contributed by atoms with Gasteiger partial charge in [0.2, 0.25) is 5.91 Å². The van der Waals surface area contributed by atoms with Gasteiger partial charge in [0.05, 0.1) is 0 Å². The summed E-state index contributed by atoms with van der Waals surface area (Å²) in [7, 11) is 3.36. The van der Waals surface area contributed by atoms with E-state index in [2.05, 4.69) is 16.0 Å². The Hall–Kier alpha value is -2.08. The summed E-state index contributed by atoms with van der Waals surface area (Å²) in [5, 5.41) is 8.24. The molecule has 110 valence electrons. The third-order valence-electron chi connectivity index (χ3n) is 2.73. The van der Waals surface area contributed by atoms with Gasteiger partial charge in [0.15, 0.2) is 6.61 Å². The van der Waals surface area contributed by atoms with Gasteiger partial charge in [-0.2, -0.15) is 0 Å². The number of amides is 2. The highest BCUT2D eigenvalue weighted by molar-refractivity contribution is 5.92. The molecule has 20 heavy (non-hydrogen) atoms. The van der Waals surface area contributed by atoms with E-state index in [0.717, 1.165) is 0 Å². The highest BCUT2D eigenvalue weighted by Gasteiger charge is 2.11. The van der Waals surface area contributed by atoms with E-state index in [1.807, 2.05) is 14.0 Å². The highest BCUT2D eigenvalue weighted by Crippen LogP contribution is 2.16. The molecule has 0 aliphatic carbocycles. The van der Waals surface area contributed by atoms with Crippen molar-refractivity contribution in [2.45, 2.75) is 6.92 Å². The van der Waals surface area contributed by atoms with Crippen molar-refractivity contribution in [3.05, 3.63) is 24.3 Å². The second-order valence-corrected chi connectivity index (χ2v) is 4.43. The number of anilines is 1. The minimum absolute atomic E-state index is 0.0264. The zero-order valence-electron chi connectivity index (χ0n) is 12.0. The molecule has 1 unspecified atom stereocenters. The molecular formula is C14H21N3O3. The standard InChI is InChI=1S/C14H21N3O3/c1-10(8-15-2)14(19)17-11-4-6-12(7-5-11)20-9-13(18)16-3/h4-7,10,15H,8-9H2,1-3H3,(H,16,18)(H,17,19). The average Bonchev–Trinajstić information content (AvgIpc) is 2.46. The number of rotatable bonds is 7. The summed E-state index contributed by atoms with van der Waals surface area (Å²) in [6.45, 7) is 2.45. The van der Waals surface area contributed by atoms with Gasteiger partial charge < -0.3 is 20.7 Å². The van der Waals surface area contributed by atoms with Gasteiger partial charge in [-0.05, 0) is 31.3 Å². The number of nitrogens with one attached hydrogen (secondary N) is 3. The zero-order chi connectivity index (χ0) is 15.0. The first-order chi connectivity index (χ1) is 9.56. The Bertz CT molecular complexity index is 445. The number of benzene rings is 1. The predicted molar refractivity (Wildman–Crippen MR) is 77.7 cm³/mol. The SMILES string of the molecule is CNCC(C)C(=O)Nc1ccc(OCC(=O)NC)cc1. The van der Waals surface area contributed by atoms with E-state index in [0.29, 0.717) is 18.0 Å². The lowest BCUT2D eigenvalue weighted by Gasteiger charge is -2.12. The Morgan fingerprint density at radius 3 is 2.40 bits per heavy atom. The number of carbonyl (C=O) groups excluding carboxylic acids is 2. The summed E-state index contributed by atoms with van der Waals surface area (Å²) >= 11 is 0. The Kier molecular flexibility index (Phi) is 6.52. The van der Waals surface area contributed by atoms with Crippen LogP contribution in [0, 0.1) is 5.92 Å². The van der Waals surface area contributed by atoms with Crippen LogP contribution in [0.25, 0.3) is 0 Å². The summed E-state index contributed by atoms with van der Waals surface area (Å²) in [6, 6.07) is 6.90. The smallest absolute Gasteiger partial charge is 0.257 e. The lowest BCUT2D eigenvalue weighted by molar-refractivity contribution is -0.122. The van der Waals surface area contributed by atoms with Gasteiger partial charge in [0.25, 0.3) is 5.91 Å². The summed E-state index contributed by atoms with van der Waals surface area (Å²) in [5.74, 6) is 0.237. The minimum Gasteiger partial charge on any atom is -0.484 e. The van der Waals surface area contributed by atoms with E-state index in [1.165, 1.54) is 0 Å². The molecule has 1 aromatic rings. The van der Waals surface area contributed by atoms with Crippen molar-refractivity contribution in [3.8, 4) is 5.75 Å². The Morgan fingerprint density at radius 1 is 1.20 bits per heavy atom. The Morgan fingerprint density at radius 2 is 1.85 bits per heavy atom. The lowest BCUT2D eigenvalue weighted by atomic mass is 10.1. The quantitative estimate of drug-likeness (QED) is 0.683. The van der Waals surface area contributed by atoms with Crippen molar-refractivity contribution in [2.75, 3.05) is 32.6 Å². The van der Waals surface area contributed by atoms with E-state index >= 15 is 0 Å². The van der Waals surface area contributed by atoms with Crippen LogP contribution in [0.15, 0.2) is 24.3 Å². The van der Waals surface area contributed by atoms with Crippen LogP contribution in [-0.4, -0.2) is 39.1 Å². The predicted octanol–water partition coefficient (Wildman–Crippen LogP) is 0.605. The fraction of sp³-hybridized carbons (Fsp3) is 0.429. The molecule has 0 radical (unpaired) electrons. The van der Waals surface area contributed by atoms with Crippen molar-refractivity contribution in [3.63, 3.8) is 0 Å². The second-order valence-electron chi connectivity index (χ2n) is 4.43. The molecule has 0 saturated carbocycles. The molecular weight excluding hydrogens is 258 g/mol. The Balaban J connectivity index is 2.50. The van der Waals surface area contributed by atoms with Crippen molar-refractivity contribution in [2.24, 2.45) is 5.92 Å². The van der Waals surface area contributed by atoms with Crippen LogP contribution in [-0.2, 0) is 9.59 Å². The zero-order valence-corrected chi connectivity index (χ0v) is 12.0. The van der Waals surface area contributed by atoms with Gasteiger partial charge in [0.1, 0.15) is 5.75 Å². The number of carbonyl (C=O) groups is 2. The van der Waals surface area contributed by atoms with E-state index in [1.54, 1.807) is 31.3 Å². The van der Waals surface area contributed by atoms with Gasteiger partial charge in [-0.25, -0.2) is 0 Å². The third kappa shape index (κ3) is 5.27. The fourth-order valence-electron chi connectivity index (χ4n) is 1.52. The first kappa shape index (κ1) is 16.0. The maximum absolute atomic E-state index is 11.8. The summed E-state index contributed by atoms with van der Waals surface area (Å²) in [5.41, 5.74) is 0.699. The molecule has 1 rings (SSSR count). The molecule has 6 heteroatoms. The molecule has 3 N–H and O–H groups in total. The maximum Gasteiger partial charge on any atom is 0.257 e. The molecule has 1 aromatic carbocycles. The number of hydrogen-bond donors (Lipinski definition) is 3. The van der Waals surface area contributed by atoms with Gasteiger partial charge >= 0.3 is 0 Å². The molecule has 0 heterocycles. The monoisotopic (exact) mass is 279 g/mol. The Labute approximate surface area is 118 Å². The number of hydrogen-bond acceptors (Lipinski definition) is 4. The average molecular weight is 279 g/mol. The van der Waals surface area contributed by atoms with E-state index in [9.17, 15) is 9.59 Å². The minimum atomic E-state index is -0.191. The highest BCUT2D eigenvalue weighted by atomic mass is 16.5. The van der Waals surface area contributed by atoms with Crippen molar-refractivity contribution in [1.82, 2.24) is 10.6 Å². The van der Waals surface area contributed by atoms with Crippen LogP contribution in [0.3, 0.4) is 0 Å². The topological polar surface area (TPSA) is 79.5 Å². The van der Waals surface area contributed by atoms with Gasteiger partial charge in [-0.3, -0.25) is 9.59 Å². The number of ether oxygens (including phenoxy) is 1. The third-order valence-corrected chi connectivity index (χ3v) is 2.73. The fourth-order valence-corrected chi connectivity index (χ4v) is 1.52. The van der Waals surface area contributed by atoms with Crippen molar-refractivity contribution in [1.29, 1.82) is 0 Å². The molecule has 6 nitrogen and oxygen atoms in total. The maximum atomic E-state index is 11.8. The first-order valence-corrected chi connectivity index (χ1v) is 6.45. The van der Waals surface area contributed by atoms with Crippen molar-refractivity contribution < 1.29 is 14.3 Å². The normalized spacial score (nSPS) is 11.6.